The third kappa shape index (κ3) is 5.11. The minimum Gasteiger partial charge on any atom is -0.471 e. The van der Waals surface area contributed by atoms with Crippen LogP contribution in [0.1, 0.15) is 17.0 Å². The minimum absolute atomic E-state index is 0.0103. The third-order valence-electron chi connectivity index (χ3n) is 5.59. The maximum Gasteiger partial charge on any atom is 0.272 e. The minimum atomic E-state index is -2.59. The van der Waals surface area contributed by atoms with Crippen molar-refractivity contribution in [3.05, 3.63) is 71.8 Å². The molecule has 0 atom stereocenters. The molecule has 192 valence electrons. The Bertz CT molecular complexity index is 1620. The van der Waals surface area contributed by atoms with Crippen molar-refractivity contribution in [3.63, 3.8) is 0 Å². The molecule has 4 aromatic heterocycles. The number of nitriles is 1. The number of benzene rings is 1. The first-order valence-corrected chi connectivity index (χ1v) is 11.5. The number of aliphatic hydroxyl groups excluding tert-OH is 1. The zero-order valence-corrected chi connectivity index (χ0v) is 20.1. The summed E-state index contributed by atoms with van der Waals surface area (Å²) in [5, 5.41) is 33.9. The van der Waals surface area contributed by atoms with Crippen LogP contribution < -0.4 is 10.1 Å². The van der Waals surface area contributed by atoms with E-state index in [0.29, 0.717) is 35.1 Å². The Hall–Kier alpha value is -4.96. The molecule has 0 spiro atoms. The summed E-state index contributed by atoms with van der Waals surface area (Å²) >= 11 is 0. The highest BCUT2D eigenvalue weighted by atomic mass is 19.3. The summed E-state index contributed by atoms with van der Waals surface area (Å²) in [5.41, 5.74) is 3.98. The van der Waals surface area contributed by atoms with Crippen molar-refractivity contribution in [3.8, 4) is 23.6 Å². The molecular weight excluding hydrogens is 496 g/mol. The molecule has 0 bridgehead atoms. The molecule has 38 heavy (non-hydrogen) atoms. The van der Waals surface area contributed by atoms with Gasteiger partial charge in [0.2, 0.25) is 5.88 Å². The van der Waals surface area contributed by atoms with Gasteiger partial charge in [0.1, 0.15) is 18.2 Å². The van der Waals surface area contributed by atoms with Crippen LogP contribution in [-0.4, -0.2) is 59.3 Å². The molecule has 0 aliphatic carbocycles. The van der Waals surface area contributed by atoms with Crippen LogP contribution in [0.25, 0.3) is 22.7 Å². The molecule has 0 saturated carbocycles. The van der Waals surface area contributed by atoms with Gasteiger partial charge >= 0.3 is 0 Å². The van der Waals surface area contributed by atoms with Crippen LogP contribution in [0.4, 0.5) is 20.3 Å². The fourth-order valence-electron chi connectivity index (χ4n) is 3.88. The van der Waals surface area contributed by atoms with Crippen molar-refractivity contribution in [2.75, 3.05) is 18.5 Å². The van der Waals surface area contributed by atoms with Gasteiger partial charge in [0.15, 0.2) is 23.9 Å². The second-order valence-electron chi connectivity index (χ2n) is 8.22. The molecule has 4 heterocycles. The fraction of sp³-hybridized carbons (Fsp3) is 0.200. The van der Waals surface area contributed by atoms with Crippen molar-refractivity contribution in [2.45, 2.75) is 19.8 Å². The smallest absolute Gasteiger partial charge is 0.272 e. The molecule has 2 N–H and O–H groups in total. The fourth-order valence-corrected chi connectivity index (χ4v) is 3.88. The summed E-state index contributed by atoms with van der Waals surface area (Å²) in [5.74, 6) is 1.53. The maximum atomic E-state index is 12.3. The summed E-state index contributed by atoms with van der Waals surface area (Å²) in [6.07, 6.45) is -0.559. The zero-order chi connectivity index (χ0) is 26.6. The van der Waals surface area contributed by atoms with Gasteiger partial charge in [-0.3, -0.25) is 4.57 Å². The van der Waals surface area contributed by atoms with E-state index in [1.165, 1.54) is 6.07 Å². The number of pyridine rings is 1. The van der Waals surface area contributed by atoms with Crippen molar-refractivity contribution >= 4 is 22.5 Å². The number of hydrogen-bond donors (Lipinski definition) is 2. The molecule has 0 radical (unpaired) electrons. The Kier molecular flexibility index (Phi) is 6.88. The van der Waals surface area contributed by atoms with Crippen LogP contribution in [-0.2, 0) is 6.42 Å². The first-order valence-electron chi connectivity index (χ1n) is 11.5. The van der Waals surface area contributed by atoms with Crippen LogP contribution in [0.2, 0.25) is 0 Å². The van der Waals surface area contributed by atoms with Crippen LogP contribution in [0, 0.1) is 18.3 Å². The highest BCUT2D eigenvalue weighted by Crippen LogP contribution is 2.25. The molecule has 11 nitrogen and oxygen atoms in total. The van der Waals surface area contributed by atoms with E-state index >= 15 is 0 Å². The Morgan fingerprint density at radius 3 is 2.71 bits per heavy atom. The van der Waals surface area contributed by atoms with Gasteiger partial charge in [0.25, 0.3) is 6.43 Å². The monoisotopic (exact) mass is 517 g/mol. The standard InChI is InChI=1S/C25H21F2N9O2/c1-15-10-18(12-28)34-36(15)25-16(8-9-37)2-6-23(31-25)35-14-29-19-11-17(3-4-20(19)35)30-22-5-7-24(33-32-22)38-13-21(26)27/h2-7,10-11,14,21,37H,8-9,13H2,1H3,(H,30,32). The lowest BCUT2D eigenvalue weighted by Crippen LogP contribution is -2.10. The van der Waals surface area contributed by atoms with Crippen LogP contribution in [0.5, 0.6) is 5.88 Å². The molecule has 5 aromatic rings. The molecular formula is C25H21F2N9O2. The predicted octanol–water partition coefficient (Wildman–Crippen LogP) is 3.50. The molecule has 0 unspecified atom stereocenters. The number of nitrogens with zero attached hydrogens (tertiary/aromatic N) is 8. The molecule has 0 amide bonds. The molecule has 0 aliphatic heterocycles. The van der Waals surface area contributed by atoms with Gasteiger partial charge in [-0.25, -0.2) is 23.4 Å². The molecule has 13 heteroatoms. The van der Waals surface area contributed by atoms with Crippen LogP contribution in [0.15, 0.2) is 54.9 Å². The Balaban J connectivity index is 1.42. The highest BCUT2D eigenvalue weighted by molar-refractivity contribution is 5.82. The third-order valence-corrected chi connectivity index (χ3v) is 5.59. The van der Waals surface area contributed by atoms with E-state index in [2.05, 4.69) is 25.6 Å². The Labute approximate surface area is 215 Å². The van der Waals surface area contributed by atoms with Crippen LogP contribution >= 0.6 is 0 Å². The van der Waals surface area contributed by atoms with Gasteiger partial charge in [0, 0.05) is 24.1 Å². The number of rotatable bonds is 9. The molecule has 0 fully saturated rings. The van der Waals surface area contributed by atoms with Gasteiger partial charge < -0.3 is 15.2 Å². The van der Waals surface area contributed by atoms with Crippen LogP contribution in [0.3, 0.4) is 0 Å². The zero-order valence-electron chi connectivity index (χ0n) is 20.1. The van der Waals surface area contributed by atoms with E-state index in [0.717, 1.165) is 16.8 Å². The quantitative estimate of drug-likeness (QED) is 0.301. The summed E-state index contributed by atoms with van der Waals surface area (Å²) in [4.78, 5) is 9.30. The van der Waals surface area contributed by atoms with Crippen molar-refractivity contribution in [1.82, 2.24) is 34.5 Å². The molecule has 0 aliphatic rings. The number of nitrogens with one attached hydrogen (secondary N) is 1. The van der Waals surface area contributed by atoms with E-state index in [-0.39, 0.29) is 18.2 Å². The van der Waals surface area contributed by atoms with Crippen molar-refractivity contribution < 1.29 is 18.6 Å². The number of ether oxygens (including phenoxy) is 1. The van der Waals surface area contributed by atoms with E-state index in [1.54, 1.807) is 23.1 Å². The lowest BCUT2D eigenvalue weighted by Gasteiger charge is -2.12. The Morgan fingerprint density at radius 1 is 1.13 bits per heavy atom. The Morgan fingerprint density at radius 2 is 2.00 bits per heavy atom. The van der Waals surface area contributed by atoms with Gasteiger partial charge in [-0.15, -0.1) is 10.2 Å². The number of aromatic nitrogens is 7. The average molecular weight is 518 g/mol. The van der Waals surface area contributed by atoms with Gasteiger partial charge in [0.05, 0.1) is 11.0 Å². The summed E-state index contributed by atoms with van der Waals surface area (Å²) < 4.78 is 32.8. The van der Waals surface area contributed by atoms with Gasteiger partial charge in [-0.2, -0.15) is 10.4 Å². The second-order valence-corrected chi connectivity index (χ2v) is 8.22. The number of anilines is 2. The number of aryl methyl sites for hydroxylation is 1. The SMILES string of the molecule is Cc1cc(C#N)nn1-c1nc(-n2cnc3cc(Nc4ccc(OCC(F)F)nn4)ccc32)ccc1CCO. The lowest BCUT2D eigenvalue weighted by atomic mass is 10.2. The first kappa shape index (κ1) is 24.7. The number of halogens is 2. The molecule has 0 saturated heterocycles. The van der Waals surface area contributed by atoms with Crippen molar-refractivity contribution in [2.24, 2.45) is 0 Å². The van der Waals surface area contributed by atoms with Crippen molar-refractivity contribution in [1.29, 1.82) is 5.26 Å². The number of fused-ring (bicyclic) bond motifs is 1. The van der Waals surface area contributed by atoms with Gasteiger partial charge in [-0.1, -0.05) is 6.07 Å². The summed E-state index contributed by atoms with van der Waals surface area (Å²) in [6, 6.07) is 16.0. The number of hydrogen-bond acceptors (Lipinski definition) is 9. The maximum absolute atomic E-state index is 12.3. The normalized spacial score (nSPS) is 11.2. The number of imidazole rings is 1. The topological polar surface area (TPSA) is 140 Å². The summed E-state index contributed by atoms with van der Waals surface area (Å²) in [7, 11) is 0. The lowest BCUT2D eigenvalue weighted by molar-refractivity contribution is 0.0791. The van der Waals surface area contributed by atoms with E-state index < -0.39 is 13.0 Å². The highest BCUT2D eigenvalue weighted by Gasteiger charge is 2.15. The summed E-state index contributed by atoms with van der Waals surface area (Å²) in [6.45, 7) is 1.03. The van der Waals surface area contributed by atoms with E-state index in [1.807, 2.05) is 47.9 Å². The average Bonchev–Trinajstić information content (AvgIpc) is 3.51. The largest absolute Gasteiger partial charge is 0.471 e. The number of alkyl halides is 2. The van der Waals surface area contributed by atoms with Gasteiger partial charge in [-0.05, 0) is 55.3 Å². The molecule has 1 aromatic carbocycles. The molecule has 5 rings (SSSR count). The van der Waals surface area contributed by atoms with E-state index in [4.69, 9.17) is 9.72 Å². The van der Waals surface area contributed by atoms with E-state index in [9.17, 15) is 19.1 Å². The second kappa shape index (κ2) is 10.6. The first-order chi connectivity index (χ1) is 18.4. The number of aliphatic hydroxyl groups is 1. The predicted molar refractivity (Wildman–Crippen MR) is 133 cm³/mol.